The van der Waals surface area contributed by atoms with E-state index < -0.39 is 23.7 Å². The van der Waals surface area contributed by atoms with Crippen molar-refractivity contribution in [3.63, 3.8) is 0 Å². The molecule has 0 aromatic heterocycles. The van der Waals surface area contributed by atoms with E-state index in [9.17, 15) is 9.59 Å². The number of hydrogen-bond acceptors (Lipinski definition) is 5. The Morgan fingerprint density at radius 1 is 1.23 bits per heavy atom. The monoisotopic (exact) mass is 408 g/mol. The summed E-state index contributed by atoms with van der Waals surface area (Å²) in [6.07, 6.45) is 2.23. The molecule has 0 radical (unpaired) electrons. The zero-order valence-electron chi connectivity index (χ0n) is 17.6. The van der Waals surface area contributed by atoms with Crippen molar-refractivity contribution in [2.45, 2.75) is 57.8 Å². The zero-order chi connectivity index (χ0) is 21.5. The van der Waals surface area contributed by atoms with Gasteiger partial charge >= 0.3 is 5.97 Å². The Morgan fingerprint density at radius 2 is 1.90 bits per heavy atom. The van der Waals surface area contributed by atoms with Crippen LogP contribution in [-0.4, -0.2) is 23.6 Å². The van der Waals surface area contributed by atoms with Gasteiger partial charge in [0.2, 0.25) is 0 Å². The van der Waals surface area contributed by atoms with Crippen LogP contribution in [0.5, 0.6) is 5.75 Å². The van der Waals surface area contributed by atoms with Crippen LogP contribution in [0, 0.1) is 5.92 Å². The van der Waals surface area contributed by atoms with Gasteiger partial charge in [0, 0.05) is 0 Å². The first-order valence-corrected chi connectivity index (χ1v) is 10.4. The maximum atomic E-state index is 12.8. The largest absolute Gasteiger partial charge is 0.479 e. The third kappa shape index (κ3) is 4.19. The van der Waals surface area contributed by atoms with Gasteiger partial charge in [0.25, 0.3) is 5.91 Å². The van der Waals surface area contributed by atoms with Crippen molar-refractivity contribution >= 4 is 17.6 Å². The van der Waals surface area contributed by atoms with Gasteiger partial charge in [-0.15, -0.1) is 0 Å². The van der Waals surface area contributed by atoms with Crippen LogP contribution in [0.25, 0.3) is 0 Å². The number of amides is 1. The minimum atomic E-state index is -0.938. The molecule has 0 fully saturated rings. The lowest BCUT2D eigenvalue weighted by molar-refractivity contribution is -0.159. The first-order chi connectivity index (χ1) is 14.2. The molecule has 3 N–H and O–H groups in total. The Hall–Kier alpha value is -2.86. The van der Waals surface area contributed by atoms with E-state index in [-0.39, 0.29) is 5.91 Å². The number of carbonyl (C=O) groups excluding carboxylic acids is 2. The van der Waals surface area contributed by atoms with Gasteiger partial charge in [-0.25, -0.2) is 4.79 Å². The van der Waals surface area contributed by atoms with E-state index in [1.54, 1.807) is 25.1 Å². The summed E-state index contributed by atoms with van der Waals surface area (Å²) in [7, 11) is 0. The maximum Gasteiger partial charge on any atom is 0.328 e. The zero-order valence-corrected chi connectivity index (χ0v) is 17.6. The molecule has 0 saturated heterocycles. The van der Waals surface area contributed by atoms with Gasteiger partial charge in [-0.1, -0.05) is 30.3 Å². The van der Waals surface area contributed by atoms with Gasteiger partial charge in [0.1, 0.15) is 17.4 Å². The van der Waals surface area contributed by atoms with Crippen LogP contribution in [0.2, 0.25) is 0 Å². The summed E-state index contributed by atoms with van der Waals surface area (Å²) < 4.78 is 11.4. The lowest BCUT2D eigenvalue weighted by atomic mass is 9.91. The highest BCUT2D eigenvalue weighted by atomic mass is 16.6. The Bertz CT molecular complexity index is 960. The Morgan fingerprint density at radius 3 is 2.57 bits per heavy atom. The van der Waals surface area contributed by atoms with E-state index in [4.69, 9.17) is 15.2 Å². The molecule has 1 aliphatic carbocycles. The number of carbonyl (C=O) groups is 2. The van der Waals surface area contributed by atoms with Gasteiger partial charge < -0.3 is 20.5 Å². The molecule has 2 aromatic rings. The molecule has 2 unspecified atom stereocenters. The Balaban J connectivity index is 1.39. The van der Waals surface area contributed by atoms with E-state index in [0.29, 0.717) is 22.9 Å². The summed E-state index contributed by atoms with van der Waals surface area (Å²) in [5, 5.41) is 2.78. The van der Waals surface area contributed by atoms with Crippen molar-refractivity contribution in [1.82, 2.24) is 0 Å². The van der Waals surface area contributed by atoms with Crippen molar-refractivity contribution in [3.05, 3.63) is 59.2 Å². The molecule has 30 heavy (non-hydrogen) atoms. The highest BCUT2D eigenvalue weighted by Crippen LogP contribution is 2.35. The van der Waals surface area contributed by atoms with Crippen molar-refractivity contribution in [3.8, 4) is 5.75 Å². The Kier molecular flexibility index (Phi) is 5.28. The van der Waals surface area contributed by atoms with Gasteiger partial charge in [0.05, 0.1) is 5.69 Å². The van der Waals surface area contributed by atoms with Crippen LogP contribution < -0.4 is 15.8 Å². The molecule has 2 aromatic carbocycles. The smallest absolute Gasteiger partial charge is 0.328 e. The van der Waals surface area contributed by atoms with Crippen molar-refractivity contribution < 1.29 is 19.1 Å². The number of nitrogens with one attached hydrogen (secondary N) is 1. The van der Waals surface area contributed by atoms with E-state index in [1.807, 2.05) is 13.8 Å². The molecule has 1 heterocycles. The SMILES string of the molecule is CC1Oc2ccc(C(N)C(=O)OC(C)(C)CC3Cc4ccccc4C3)cc2NC1=O. The third-order valence-corrected chi connectivity index (χ3v) is 5.84. The molecule has 1 amide bonds. The number of benzene rings is 2. The number of anilines is 1. The van der Waals surface area contributed by atoms with Crippen LogP contribution in [0.3, 0.4) is 0 Å². The second-order valence-electron chi connectivity index (χ2n) is 8.91. The molecule has 6 nitrogen and oxygen atoms in total. The number of fused-ring (bicyclic) bond motifs is 2. The lowest BCUT2D eigenvalue weighted by Crippen LogP contribution is -2.36. The molecule has 6 heteroatoms. The third-order valence-electron chi connectivity index (χ3n) is 5.84. The topological polar surface area (TPSA) is 90.7 Å². The summed E-state index contributed by atoms with van der Waals surface area (Å²) in [6, 6.07) is 12.7. The molecule has 0 spiro atoms. The molecule has 158 valence electrons. The Labute approximate surface area is 176 Å². The second-order valence-corrected chi connectivity index (χ2v) is 8.91. The van der Waals surface area contributed by atoms with Gasteiger partial charge in [0.15, 0.2) is 6.10 Å². The number of esters is 1. The van der Waals surface area contributed by atoms with E-state index >= 15 is 0 Å². The fourth-order valence-electron chi connectivity index (χ4n) is 4.42. The fraction of sp³-hybridized carbons (Fsp3) is 0.417. The highest BCUT2D eigenvalue weighted by Gasteiger charge is 2.33. The van der Waals surface area contributed by atoms with Crippen molar-refractivity contribution in [2.24, 2.45) is 11.7 Å². The molecule has 2 aliphatic rings. The molecular formula is C24H28N2O4. The van der Waals surface area contributed by atoms with E-state index in [2.05, 4.69) is 29.6 Å². The summed E-state index contributed by atoms with van der Waals surface area (Å²) in [4.78, 5) is 24.6. The first-order valence-electron chi connectivity index (χ1n) is 10.4. The van der Waals surface area contributed by atoms with Gasteiger partial charge in [-0.2, -0.15) is 0 Å². The van der Waals surface area contributed by atoms with Gasteiger partial charge in [-0.05, 0) is 74.8 Å². The number of nitrogens with two attached hydrogens (primary N) is 1. The minimum Gasteiger partial charge on any atom is -0.479 e. The second kappa shape index (κ2) is 7.76. The standard InChI is InChI=1S/C24H28N2O4/c1-14-22(27)26-19-12-18(8-9-20(19)29-14)21(25)23(28)30-24(2,3)13-15-10-16-6-4-5-7-17(16)11-15/h4-9,12,14-15,21H,10-11,13,25H2,1-3H3,(H,26,27). The van der Waals surface area contributed by atoms with Crippen molar-refractivity contribution in [2.75, 3.05) is 5.32 Å². The number of rotatable bonds is 5. The molecule has 4 rings (SSSR count). The van der Waals surface area contributed by atoms with Crippen LogP contribution in [0.4, 0.5) is 5.69 Å². The quantitative estimate of drug-likeness (QED) is 0.739. The number of hydrogen-bond donors (Lipinski definition) is 2. The average molecular weight is 408 g/mol. The highest BCUT2D eigenvalue weighted by molar-refractivity contribution is 5.97. The summed E-state index contributed by atoms with van der Waals surface area (Å²) in [5.41, 5.74) is 9.42. The molecule has 0 bridgehead atoms. The minimum absolute atomic E-state index is 0.227. The predicted octanol–water partition coefficient (Wildman–Crippen LogP) is 3.53. The maximum absolute atomic E-state index is 12.8. The van der Waals surface area contributed by atoms with E-state index in [0.717, 1.165) is 19.3 Å². The van der Waals surface area contributed by atoms with Crippen LogP contribution in [-0.2, 0) is 27.2 Å². The van der Waals surface area contributed by atoms with Crippen molar-refractivity contribution in [1.29, 1.82) is 0 Å². The number of ether oxygens (including phenoxy) is 2. The van der Waals surface area contributed by atoms with E-state index in [1.165, 1.54) is 11.1 Å². The molecule has 1 aliphatic heterocycles. The van der Waals surface area contributed by atoms with Gasteiger partial charge in [-0.3, -0.25) is 4.79 Å². The summed E-state index contributed by atoms with van der Waals surface area (Å²) >= 11 is 0. The normalized spacial score (nSPS) is 19.3. The molecule has 0 saturated carbocycles. The lowest BCUT2D eigenvalue weighted by Gasteiger charge is -2.30. The van der Waals surface area contributed by atoms with Crippen LogP contribution >= 0.6 is 0 Å². The van der Waals surface area contributed by atoms with Crippen LogP contribution in [0.15, 0.2) is 42.5 Å². The average Bonchev–Trinajstić information content (AvgIpc) is 3.08. The predicted molar refractivity (Wildman–Crippen MR) is 114 cm³/mol. The summed E-state index contributed by atoms with van der Waals surface area (Å²) in [5.74, 6) is 0.299. The first kappa shape index (κ1) is 20.4. The molecular weight excluding hydrogens is 380 g/mol. The molecule has 2 atom stereocenters. The summed E-state index contributed by atoms with van der Waals surface area (Å²) in [6.45, 7) is 5.55. The van der Waals surface area contributed by atoms with Crippen LogP contribution in [0.1, 0.15) is 49.9 Å². The fourth-order valence-corrected chi connectivity index (χ4v) is 4.42.